The van der Waals surface area contributed by atoms with E-state index in [-0.39, 0.29) is 6.61 Å². The van der Waals surface area contributed by atoms with Crippen molar-refractivity contribution in [3.05, 3.63) is 18.2 Å². The molecule has 1 aromatic rings. The summed E-state index contributed by atoms with van der Waals surface area (Å²) in [4.78, 5) is 2.36. The summed E-state index contributed by atoms with van der Waals surface area (Å²) in [5.74, 6) is 0.723. The summed E-state index contributed by atoms with van der Waals surface area (Å²) in [6, 6.07) is 6.52. The minimum atomic E-state index is 0.231. The van der Waals surface area contributed by atoms with Gasteiger partial charge in [-0.15, -0.1) is 0 Å². The zero-order valence-corrected chi connectivity index (χ0v) is 10.9. The molecule has 1 aromatic carbocycles. The fourth-order valence-electron chi connectivity index (χ4n) is 2.34. The highest BCUT2D eigenvalue weighted by Crippen LogP contribution is 2.33. The van der Waals surface area contributed by atoms with Crippen LogP contribution < -0.4 is 15.4 Å². The Balaban J connectivity index is 2.17. The minimum absolute atomic E-state index is 0.231. The molecule has 0 heterocycles. The summed E-state index contributed by atoms with van der Waals surface area (Å²) in [5.41, 5.74) is 7.64. The van der Waals surface area contributed by atoms with Crippen molar-refractivity contribution in [3.8, 4) is 5.75 Å². The lowest BCUT2D eigenvalue weighted by atomic mass is 9.91. The normalized spacial score (nSPS) is 15.2. The molecule has 0 aromatic heterocycles. The Hall–Kier alpha value is -1.42. The van der Waals surface area contributed by atoms with Crippen LogP contribution >= 0.6 is 0 Å². The number of benzene rings is 1. The van der Waals surface area contributed by atoms with Gasteiger partial charge in [0.1, 0.15) is 5.75 Å². The number of anilines is 2. The molecule has 4 nitrogen and oxygen atoms in total. The molecule has 1 aliphatic rings. The van der Waals surface area contributed by atoms with Crippen molar-refractivity contribution in [1.29, 1.82) is 0 Å². The number of methoxy groups -OCH3 is 1. The Morgan fingerprint density at radius 2 is 2.22 bits per heavy atom. The van der Waals surface area contributed by atoms with Crippen LogP contribution in [0.25, 0.3) is 0 Å². The second kappa shape index (κ2) is 5.96. The van der Waals surface area contributed by atoms with Gasteiger partial charge in [-0.25, -0.2) is 0 Å². The van der Waals surface area contributed by atoms with E-state index in [9.17, 15) is 0 Å². The molecule has 0 unspecified atom stereocenters. The fourth-order valence-corrected chi connectivity index (χ4v) is 2.34. The maximum atomic E-state index is 9.01. The van der Waals surface area contributed by atoms with Crippen molar-refractivity contribution in [2.45, 2.75) is 31.7 Å². The largest absolute Gasteiger partial charge is 0.495 e. The fraction of sp³-hybridized carbons (Fsp3) is 0.571. The molecular formula is C14H22N2O2. The predicted octanol–water partition coefficient (Wildman–Crippen LogP) is 2.02. The Labute approximate surface area is 108 Å². The van der Waals surface area contributed by atoms with Crippen LogP contribution in [0.1, 0.15) is 25.7 Å². The summed E-state index contributed by atoms with van der Waals surface area (Å²) in [6.45, 7) is 1.11. The number of aliphatic hydroxyl groups excluding tert-OH is 1. The highest BCUT2D eigenvalue weighted by molar-refractivity contribution is 5.62. The lowest BCUT2D eigenvalue weighted by Gasteiger charge is -2.39. The quantitative estimate of drug-likeness (QED) is 0.758. The Morgan fingerprint density at radius 3 is 2.78 bits per heavy atom. The zero-order valence-electron chi connectivity index (χ0n) is 10.9. The average Bonchev–Trinajstić information content (AvgIpc) is 2.33. The van der Waals surface area contributed by atoms with Crippen LogP contribution in [0.4, 0.5) is 11.4 Å². The lowest BCUT2D eigenvalue weighted by Crippen LogP contribution is -2.41. The second-order valence-corrected chi connectivity index (χ2v) is 4.78. The Kier molecular flexibility index (Phi) is 4.31. The summed E-state index contributed by atoms with van der Waals surface area (Å²) in [7, 11) is 1.64. The molecule has 0 radical (unpaired) electrons. The van der Waals surface area contributed by atoms with Gasteiger partial charge in [0.2, 0.25) is 0 Å². The number of nitrogens with zero attached hydrogens (tertiary/aromatic N) is 1. The van der Waals surface area contributed by atoms with E-state index in [2.05, 4.69) is 4.90 Å². The Bertz CT molecular complexity index is 391. The monoisotopic (exact) mass is 250 g/mol. The molecule has 1 saturated carbocycles. The molecular weight excluding hydrogens is 228 g/mol. The third kappa shape index (κ3) is 2.70. The molecule has 0 spiro atoms. The minimum Gasteiger partial charge on any atom is -0.495 e. The highest BCUT2D eigenvalue weighted by atomic mass is 16.5. The molecule has 0 atom stereocenters. The first-order valence-corrected chi connectivity index (χ1v) is 6.57. The Morgan fingerprint density at radius 1 is 1.44 bits per heavy atom. The van der Waals surface area contributed by atoms with Crippen LogP contribution in [0, 0.1) is 0 Å². The number of rotatable bonds is 6. The number of hydrogen-bond acceptors (Lipinski definition) is 4. The van der Waals surface area contributed by atoms with Gasteiger partial charge in [-0.2, -0.15) is 0 Å². The van der Waals surface area contributed by atoms with Crippen molar-refractivity contribution in [1.82, 2.24) is 0 Å². The maximum absolute atomic E-state index is 9.01. The lowest BCUT2D eigenvalue weighted by molar-refractivity contribution is 0.283. The van der Waals surface area contributed by atoms with Gasteiger partial charge in [0, 0.05) is 30.9 Å². The summed E-state index contributed by atoms with van der Waals surface area (Å²) in [6.07, 6.45) is 4.56. The van der Waals surface area contributed by atoms with Crippen LogP contribution in [0.3, 0.4) is 0 Å². The maximum Gasteiger partial charge on any atom is 0.143 e. The smallest absolute Gasteiger partial charge is 0.143 e. The third-order valence-corrected chi connectivity index (χ3v) is 3.62. The molecule has 0 aliphatic heterocycles. The van der Waals surface area contributed by atoms with Gasteiger partial charge in [0.05, 0.1) is 12.8 Å². The van der Waals surface area contributed by atoms with Crippen LogP contribution in [-0.4, -0.2) is 31.4 Å². The van der Waals surface area contributed by atoms with Gasteiger partial charge in [-0.1, -0.05) is 0 Å². The van der Waals surface area contributed by atoms with E-state index in [4.69, 9.17) is 15.6 Å². The van der Waals surface area contributed by atoms with Crippen LogP contribution in [0.15, 0.2) is 18.2 Å². The molecule has 1 aliphatic carbocycles. The first kappa shape index (κ1) is 13.0. The molecule has 3 N–H and O–H groups in total. The molecule has 4 heteroatoms. The molecule has 0 amide bonds. The molecule has 1 fully saturated rings. The number of nitrogen functional groups attached to an aromatic ring is 1. The van der Waals surface area contributed by atoms with Gasteiger partial charge >= 0.3 is 0 Å². The van der Waals surface area contributed by atoms with Crippen LogP contribution in [0.5, 0.6) is 5.75 Å². The zero-order chi connectivity index (χ0) is 13.0. The SMILES string of the molecule is COc1cc(N(CCCO)C2CCC2)ccc1N. The van der Waals surface area contributed by atoms with Crippen LogP contribution in [0.2, 0.25) is 0 Å². The summed E-state index contributed by atoms with van der Waals surface area (Å²) >= 11 is 0. The summed E-state index contributed by atoms with van der Waals surface area (Å²) in [5, 5.41) is 9.01. The van der Waals surface area contributed by atoms with Gasteiger partial charge in [-0.3, -0.25) is 0 Å². The van der Waals surface area contributed by atoms with E-state index in [1.807, 2.05) is 18.2 Å². The standard InChI is InChI=1S/C14H22N2O2/c1-18-14-10-12(6-7-13(14)15)16(8-3-9-17)11-4-2-5-11/h6-7,10-11,17H,2-5,8-9,15H2,1H3. The van der Waals surface area contributed by atoms with Crippen molar-refractivity contribution in [3.63, 3.8) is 0 Å². The van der Waals surface area contributed by atoms with Crippen molar-refractivity contribution in [2.24, 2.45) is 0 Å². The van der Waals surface area contributed by atoms with Crippen molar-refractivity contribution >= 4 is 11.4 Å². The van der Waals surface area contributed by atoms with Gasteiger partial charge in [0.15, 0.2) is 0 Å². The van der Waals surface area contributed by atoms with E-state index in [1.54, 1.807) is 7.11 Å². The van der Waals surface area contributed by atoms with Crippen LogP contribution in [-0.2, 0) is 0 Å². The number of ether oxygens (including phenoxy) is 1. The number of nitrogens with two attached hydrogens (primary N) is 1. The third-order valence-electron chi connectivity index (χ3n) is 3.62. The van der Waals surface area contributed by atoms with Crippen molar-refractivity contribution < 1.29 is 9.84 Å². The van der Waals surface area contributed by atoms with E-state index >= 15 is 0 Å². The van der Waals surface area contributed by atoms with E-state index in [0.29, 0.717) is 11.7 Å². The van der Waals surface area contributed by atoms with E-state index in [1.165, 1.54) is 19.3 Å². The molecule has 0 saturated heterocycles. The second-order valence-electron chi connectivity index (χ2n) is 4.78. The average molecular weight is 250 g/mol. The predicted molar refractivity (Wildman–Crippen MR) is 74.1 cm³/mol. The molecule has 2 rings (SSSR count). The molecule has 100 valence electrons. The topological polar surface area (TPSA) is 58.7 Å². The van der Waals surface area contributed by atoms with E-state index < -0.39 is 0 Å². The van der Waals surface area contributed by atoms with E-state index in [0.717, 1.165) is 24.4 Å². The van der Waals surface area contributed by atoms with Gasteiger partial charge in [-0.05, 0) is 37.8 Å². The summed E-state index contributed by atoms with van der Waals surface area (Å²) < 4.78 is 5.27. The first-order chi connectivity index (χ1) is 8.76. The molecule has 18 heavy (non-hydrogen) atoms. The number of aliphatic hydroxyl groups is 1. The number of hydrogen-bond donors (Lipinski definition) is 2. The van der Waals surface area contributed by atoms with Crippen molar-refractivity contribution in [2.75, 3.05) is 30.9 Å². The highest BCUT2D eigenvalue weighted by Gasteiger charge is 2.25. The van der Waals surface area contributed by atoms with Gasteiger partial charge < -0.3 is 20.5 Å². The molecule has 0 bridgehead atoms. The first-order valence-electron chi connectivity index (χ1n) is 6.57. The van der Waals surface area contributed by atoms with Gasteiger partial charge in [0.25, 0.3) is 0 Å².